The molecule has 0 aliphatic rings. The van der Waals surface area contributed by atoms with Gasteiger partial charge in [-0.3, -0.25) is 4.57 Å². The first kappa shape index (κ1) is 14.0. The second kappa shape index (κ2) is 5.72. The van der Waals surface area contributed by atoms with Crippen LogP contribution in [-0.4, -0.2) is 13.3 Å². The van der Waals surface area contributed by atoms with E-state index in [9.17, 15) is 4.57 Å². The first-order chi connectivity index (χ1) is 8.53. The lowest BCUT2D eigenvalue weighted by atomic mass is 10.1. The molecule has 0 bridgehead atoms. The highest BCUT2D eigenvalue weighted by Gasteiger charge is 2.17. The predicted molar refractivity (Wildman–Crippen MR) is 85.5 cm³/mol. The van der Waals surface area contributed by atoms with Gasteiger partial charge in [0, 0.05) is 10.2 Å². The molecule has 0 N–H and O–H groups in total. The summed E-state index contributed by atoms with van der Waals surface area (Å²) in [5.41, 5.74) is 1.10. The maximum Gasteiger partial charge on any atom is 0.204 e. The van der Waals surface area contributed by atoms with Gasteiger partial charge in [-0.25, -0.2) is 0 Å². The summed E-state index contributed by atoms with van der Waals surface area (Å²) in [6.45, 7) is 4.08. The number of hydrogen-bond acceptors (Lipinski definition) is 2. The fourth-order valence-corrected chi connectivity index (χ4v) is 4.27. The van der Waals surface area contributed by atoms with Gasteiger partial charge in [0.2, 0.25) is 7.37 Å². The van der Waals surface area contributed by atoms with Crippen molar-refractivity contribution in [3.05, 3.63) is 45.5 Å². The van der Waals surface area contributed by atoms with Gasteiger partial charge in [-0.15, -0.1) is 0 Å². The molecule has 0 aliphatic carbocycles. The molecule has 0 aromatic heterocycles. The normalized spacial score (nSPS) is 14.6. The smallest absolute Gasteiger partial charge is 0.204 e. The first-order valence-corrected chi connectivity index (χ1v) is 9.24. The zero-order valence-electron chi connectivity index (χ0n) is 10.5. The molecule has 0 heterocycles. The Hall–Kier alpha value is -0.380. The molecule has 1 unspecified atom stereocenters. The van der Waals surface area contributed by atoms with Crippen LogP contribution in [0.1, 0.15) is 12.5 Å². The highest BCUT2D eigenvalue weighted by atomic mass is 127. The van der Waals surface area contributed by atoms with E-state index in [1.54, 1.807) is 6.66 Å². The molecule has 2 nitrogen and oxygen atoms in total. The van der Waals surface area contributed by atoms with Crippen molar-refractivity contribution in [2.45, 2.75) is 13.1 Å². The maximum atomic E-state index is 12.3. The molecular weight excluding hydrogens is 358 g/mol. The Morgan fingerprint density at radius 3 is 2.50 bits per heavy atom. The Morgan fingerprint density at radius 2 is 1.83 bits per heavy atom. The summed E-state index contributed by atoms with van der Waals surface area (Å²) >= 11 is 2.33. The van der Waals surface area contributed by atoms with Crippen LogP contribution in [0.25, 0.3) is 10.8 Å². The number of benzene rings is 2. The lowest BCUT2D eigenvalue weighted by Gasteiger charge is -2.14. The van der Waals surface area contributed by atoms with Crippen LogP contribution in [0.2, 0.25) is 0 Å². The summed E-state index contributed by atoms with van der Waals surface area (Å²) in [5.74, 6) is 0. The van der Waals surface area contributed by atoms with Crippen LogP contribution in [0.4, 0.5) is 0 Å². The summed E-state index contributed by atoms with van der Waals surface area (Å²) in [6.07, 6.45) is 0.498. The first-order valence-electron chi connectivity index (χ1n) is 5.90. The summed E-state index contributed by atoms with van der Waals surface area (Å²) in [6, 6.07) is 12.4. The summed E-state index contributed by atoms with van der Waals surface area (Å²) in [4.78, 5) is 0. The van der Waals surface area contributed by atoms with Gasteiger partial charge in [0.25, 0.3) is 0 Å². The minimum atomic E-state index is -2.54. The van der Waals surface area contributed by atoms with E-state index in [-0.39, 0.29) is 0 Å². The molecule has 0 fully saturated rings. The van der Waals surface area contributed by atoms with E-state index in [0.717, 1.165) is 5.56 Å². The monoisotopic (exact) mass is 374 g/mol. The Balaban J connectivity index is 2.46. The topological polar surface area (TPSA) is 26.3 Å². The number of fused-ring (bicyclic) bond motifs is 1. The van der Waals surface area contributed by atoms with Gasteiger partial charge in [0.1, 0.15) is 0 Å². The zero-order chi connectivity index (χ0) is 13.2. The van der Waals surface area contributed by atoms with E-state index < -0.39 is 7.37 Å². The molecule has 1 atom stereocenters. The zero-order valence-corrected chi connectivity index (χ0v) is 13.6. The van der Waals surface area contributed by atoms with Gasteiger partial charge in [-0.2, -0.15) is 0 Å². The second-order valence-electron chi connectivity index (χ2n) is 4.34. The van der Waals surface area contributed by atoms with E-state index in [4.69, 9.17) is 4.52 Å². The molecule has 0 spiro atoms. The van der Waals surface area contributed by atoms with Gasteiger partial charge in [-0.1, -0.05) is 30.3 Å². The van der Waals surface area contributed by atoms with Crippen molar-refractivity contribution in [3.63, 3.8) is 0 Å². The van der Waals surface area contributed by atoms with E-state index >= 15 is 0 Å². The van der Waals surface area contributed by atoms with Crippen LogP contribution in [0.3, 0.4) is 0 Å². The summed E-state index contributed by atoms with van der Waals surface area (Å²) in [7, 11) is -2.54. The third kappa shape index (κ3) is 3.14. The quantitative estimate of drug-likeness (QED) is 0.563. The van der Waals surface area contributed by atoms with E-state index in [1.165, 1.54) is 14.3 Å². The largest absolute Gasteiger partial charge is 0.329 e. The average molecular weight is 374 g/mol. The summed E-state index contributed by atoms with van der Waals surface area (Å²) in [5, 5.41) is 2.39. The van der Waals surface area contributed by atoms with Gasteiger partial charge in [-0.05, 0) is 51.9 Å². The van der Waals surface area contributed by atoms with Gasteiger partial charge in [0.05, 0.1) is 12.8 Å². The Bertz CT molecular complexity index is 610. The van der Waals surface area contributed by atoms with Crippen molar-refractivity contribution in [1.29, 1.82) is 0 Å². The van der Waals surface area contributed by atoms with E-state index in [2.05, 4.69) is 46.9 Å². The number of hydrogen-bond donors (Lipinski definition) is 0. The Kier molecular flexibility index (Phi) is 4.46. The molecule has 2 aromatic carbocycles. The van der Waals surface area contributed by atoms with Crippen LogP contribution in [0.15, 0.2) is 36.4 Å². The molecule has 0 saturated carbocycles. The highest BCUT2D eigenvalue weighted by Crippen LogP contribution is 2.47. The van der Waals surface area contributed by atoms with Crippen LogP contribution >= 0.6 is 30.0 Å². The van der Waals surface area contributed by atoms with Gasteiger partial charge < -0.3 is 4.52 Å². The second-order valence-corrected chi connectivity index (χ2v) is 8.11. The fourth-order valence-electron chi connectivity index (χ4n) is 2.09. The maximum absolute atomic E-state index is 12.3. The lowest BCUT2D eigenvalue weighted by Crippen LogP contribution is -1.94. The van der Waals surface area contributed by atoms with E-state index in [1.807, 2.05) is 19.1 Å². The third-order valence-electron chi connectivity index (χ3n) is 2.82. The highest BCUT2D eigenvalue weighted by molar-refractivity contribution is 14.1. The van der Waals surface area contributed by atoms with Crippen molar-refractivity contribution >= 4 is 40.7 Å². The molecule has 0 amide bonds. The fraction of sp³-hybridized carbons (Fsp3) is 0.286. The number of rotatable bonds is 4. The third-order valence-corrected chi connectivity index (χ3v) is 5.48. The molecule has 18 heavy (non-hydrogen) atoms. The van der Waals surface area contributed by atoms with Gasteiger partial charge >= 0.3 is 0 Å². The predicted octanol–water partition coefficient (Wildman–Crippen LogP) is 4.89. The molecule has 96 valence electrons. The Morgan fingerprint density at radius 1 is 1.17 bits per heavy atom. The van der Waals surface area contributed by atoms with Crippen LogP contribution in [0.5, 0.6) is 0 Å². The van der Waals surface area contributed by atoms with Crippen LogP contribution < -0.4 is 0 Å². The molecule has 0 radical (unpaired) electrons. The molecule has 2 aromatic rings. The number of halogens is 1. The molecule has 0 aliphatic heterocycles. The van der Waals surface area contributed by atoms with Crippen LogP contribution in [0, 0.1) is 3.57 Å². The minimum Gasteiger partial charge on any atom is -0.329 e. The SMILES string of the molecule is CCOP(C)(=O)Cc1ccc(I)c2ccccc12. The molecule has 2 rings (SSSR count). The van der Waals surface area contributed by atoms with Crippen LogP contribution in [-0.2, 0) is 15.3 Å². The summed E-state index contributed by atoms with van der Waals surface area (Å²) < 4.78 is 18.9. The lowest BCUT2D eigenvalue weighted by molar-refractivity contribution is 0.336. The molecule has 4 heteroatoms. The average Bonchev–Trinajstić information content (AvgIpc) is 2.33. The van der Waals surface area contributed by atoms with Crippen molar-refractivity contribution in [3.8, 4) is 0 Å². The van der Waals surface area contributed by atoms with Crippen molar-refractivity contribution in [2.24, 2.45) is 0 Å². The molecule has 0 saturated heterocycles. The van der Waals surface area contributed by atoms with E-state index in [0.29, 0.717) is 12.8 Å². The Labute approximate surface area is 121 Å². The minimum absolute atomic E-state index is 0.496. The molecular formula is C14H16IO2P. The van der Waals surface area contributed by atoms with Crippen molar-refractivity contribution in [1.82, 2.24) is 0 Å². The van der Waals surface area contributed by atoms with Crippen molar-refractivity contribution in [2.75, 3.05) is 13.3 Å². The van der Waals surface area contributed by atoms with Gasteiger partial charge in [0.15, 0.2) is 0 Å². The van der Waals surface area contributed by atoms with Crippen molar-refractivity contribution < 1.29 is 9.09 Å². The standard InChI is InChI=1S/C14H16IO2P/c1-3-17-18(2,16)10-11-8-9-14(15)13-7-5-4-6-12(11)13/h4-9H,3,10H2,1-2H3.